The lowest BCUT2D eigenvalue weighted by atomic mass is 10.1. The average molecular weight is 363 g/mol. The minimum atomic E-state index is -0.498. The minimum absolute atomic E-state index is 0.127. The monoisotopic (exact) mass is 363 g/mol. The van der Waals surface area contributed by atoms with Crippen LogP contribution in [0.15, 0.2) is 65.5 Å². The van der Waals surface area contributed by atoms with Gasteiger partial charge in [0, 0.05) is 25.4 Å². The first-order valence-electron chi connectivity index (χ1n) is 8.60. The average Bonchev–Trinajstić information content (AvgIpc) is 2.67. The SMILES string of the molecule is COCc1cccc(CNC(=O)c2nn(-c3ccccc3)c(C)cc2=O)c1. The van der Waals surface area contributed by atoms with Crippen molar-refractivity contribution < 1.29 is 9.53 Å². The number of para-hydroxylation sites is 1. The Morgan fingerprint density at radius 1 is 1.07 bits per heavy atom. The summed E-state index contributed by atoms with van der Waals surface area (Å²) >= 11 is 0. The summed E-state index contributed by atoms with van der Waals surface area (Å²) in [5, 5.41) is 7.04. The van der Waals surface area contributed by atoms with Crippen LogP contribution in [-0.2, 0) is 17.9 Å². The second-order valence-electron chi connectivity index (χ2n) is 6.18. The van der Waals surface area contributed by atoms with Gasteiger partial charge in [-0.25, -0.2) is 4.68 Å². The zero-order valence-corrected chi connectivity index (χ0v) is 15.3. The Labute approximate surface area is 157 Å². The van der Waals surface area contributed by atoms with E-state index in [-0.39, 0.29) is 5.69 Å². The van der Waals surface area contributed by atoms with E-state index in [1.165, 1.54) is 6.07 Å². The van der Waals surface area contributed by atoms with Gasteiger partial charge in [-0.1, -0.05) is 42.5 Å². The van der Waals surface area contributed by atoms with E-state index in [9.17, 15) is 9.59 Å². The molecule has 0 unspecified atom stereocenters. The molecule has 3 rings (SSSR count). The lowest BCUT2D eigenvalue weighted by Crippen LogP contribution is -2.31. The molecule has 0 aliphatic rings. The maximum absolute atomic E-state index is 12.5. The number of hydrogen-bond acceptors (Lipinski definition) is 4. The van der Waals surface area contributed by atoms with Gasteiger partial charge in [0.1, 0.15) is 0 Å². The van der Waals surface area contributed by atoms with Crippen LogP contribution in [-0.4, -0.2) is 22.8 Å². The molecule has 2 aromatic carbocycles. The normalized spacial score (nSPS) is 10.6. The zero-order valence-electron chi connectivity index (χ0n) is 15.3. The first-order valence-corrected chi connectivity index (χ1v) is 8.60. The number of hydrogen-bond donors (Lipinski definition) is 1. The van der Waals surface area contributed by atoms with E-state index in [1.807, 2.05) is 54.6 Å². The van der Waals surface area contributed by atoms with E-state index in [2.05, 4.69) is 10.4 Å². The number of rotatable bonds is 6. The third-order valence-corrected chi connectivity index (χ3v) is 4.08. The summed E-state index contributed by atoms with van der Waals surface area (Å²) in [6.07, 6.45) is 0. The lowest BCUT2D eigenvalue weighted by Gasteiger charge is -2.11. The molecule has 1 heterocycles. The van der Waals surface area contributed by atoms with Gasteiger partial charge in [0.2, 0.25) is 5.43 Å². The summed E-state index contributed by atoms with van der Waals surface area (Å²) in [7, 11) is 1.63. The van der Waals surface area contributed by atoms with Crippen molar-refractivity contribution in [2.24, 2.45) is 0 Å². The number of amides is 1. The fourth-order valence-corrected chi connectivity index (χ4v) is 2.80. The third-order valence-electron chi connectivity index (χ3n) is 4.08. The van der Waals surface area contributed by atoms with Gasteiger partial charge < -0.3 is 10.1 Å². The quantitative estimate of drug-likeness (QED) is 0.731. The molecular weight excluding hydrogens is 342 g/mol. The molecule has 1 amide bonds. The largest absolute Gasteiger partial charge is 0.380 e. The summed E-state index contributed by atoms with van der Waals surface area (Å²) in [4.78, 5) is 24.8. The molecule has 1 N–H and O–H groups in total. The molecule has 138 valence electrons. The summed E-state index contributed by atoms with van der Waals surface area (Å²) in [6.45, 7) is 2.59. The summed E-state index contributed by atoms with van der Waals surface area (Å²) in [6, 6.07) is 18.5. The van der Waals surface area contributed by atoms with Crippen LogP contribution in [0.2, 0.25) is 0 Å². The molecule has 0 radical (unpaired) electrons. The van der Waals surface area contributed by atoms with E-state index in [0.29, 0.717) is 18.8 Å². The molecule has 27 heavy (non-hydrogen) atoms. The fraction of sp³-hybridized carbons (Fsp3) is 0.190. The van der Waals surface area contributed by atoms with Gasteiger partial charge in [-0.05, 0) is 30.2 Å². The highest BCUT2D eigenvalue weighted by atomic mass is 16.5. The maximum Gasteiger partial charge on any atom is 0.276 e. The predicted molar refractivity (Wildman–Crippen MR) is 103 cm³/mol. The molecule has 0 atom stereocenters. The van der Waals surface area contributed by atoms with Crippen molar-refractivity contribution in [2.75, 3.05) is 7.11 Å². The predicted octanol–water partition coefficient (Wildman–Crippen LogP) is 2.62. The molecule has 0 aliphatic carbocycles. The molecule has 6 heteroatoms. The summed E-state index contributed by atoms with van der Waals surface area (Å²) in [5.74, 6) is -0.498. The van der Waals surface area contributed by atoms with Crippen molar-refractivity contribution in [2.45, 2.75) is 20.1 Å². The van der Waals surface area contributed by atoms with Gasteiger partial charge in [0.05, 0.1) is 12.3 Å². The second-order valence-corrected chi connectivity index (χ2v) is 6.18. The first kappa shape index (κ1) is 18.5. The van der Waals surface area contributed by atoms with E-state index >= 15 is 0 Å². The Kier molecular flexibility index (Phi) is 5.78. The summed E-state index contributed by atoms with van der Waals surface area (Å²) < 4.78 is 6.71. The van der Waals surface area contributed by atoms with Crippen molar-refractivity contribution in [3.05, 3.63) is 93.4 Å². The smallest absolute Gasteiger partial charge is 0.276 e. The summed E-state index contributed by atoms with van der Waals surface area (Å²) in [5.41, 5.74) is 2.87. The molecule has 0 saturated carbocycles. The maximum atomic E-state index is 12.5. The molecule has 0 bridgehead atoms. The van der Waals surface area contributed by atoms with Gasteiger partial charge >= 0.3 is 0 Å². The Hall–Kier alpha value is -3.25. The Morgan fingerprint density at radius 3 is 2.56 bits per heavy atom. The second kappa shape index (κ2) is 8.42. The zero-order chi connectivity index (χ0) is 19.2. The molecule has 0 saturated heterocycles. The van der Waals surface area contributed by atoms with Crippen LogP contribution in [0.25, 0.3) is 5.69 Å². The molecule has 6 nitrogen and oxygen atoms in total. The first-order chi connectivity index (χ1) is 13.1. The number of aromatic nitrogens is 2. The highest BCUT2D eigenvalue weighted by Gasteiger charge is 2.15. The topological polar surface area (TPSA) is 73.2 Å². The van der Waals surface area contributed by atoms with Gasteiger partial charge in [-0.3, -0.25) is 9.59 Å². The van der Waals surface area contributed by atoms with Crippen LogP contribution < -0.4 is 10.7 Å². The van der Waals surface area contributed by atoms with Gasteiger partial charge in [0.25, 0.3) is 5.91 Å². The number of ether oxygens (including phenoxy) is 1. The highest BCUT2D eigenvalue weighted by Crippen LogP contribution is 2.09. The lowest BCUT2D eigenvalue weighted by molar-refractivity contribution is 0.0943. The number of nitrogens with one attached hydrogen (secondary N) is 1. The minimum Gasteiger partial charge on any atom is -0.380 e. The molecule has 0 spiro atoms. The Bertz CT molecular complexity index is 997. The molecular formula is C21H21N3O3. The molecule has 3 aromatic rings. The fourth-order valence-electron chi connectivity index (χ4n) is 2.80. The van der Waals surface area contributed by atoms with Crippen LogP contribution in [0.4, 0.5) is 0 Å². The number of carbonyl (C=O) groups excluding carboxylic acids is 1. The Balaban J connectivity index is 1.81. The van der Waals surface area contributed by atoms with E-state index in [4.69, 9.17) is 4.74 Å². The van der Waals surface area contributed by atoms with E-state index in [1.54, 1.807) is 18.7 Å². The Morgan fingerprint density at radius 2 is 1.81 bits per heavy atom. The van der Waals surface area contributed by atoms with Crippen LogP contribution in [0.3, 0.4) is 0 Å². The van der Waals surface area contributed by atoms with Gasteiger partial charge in [-0.15, -0.1) is 0 Å². The van der Waals surface area contributed by atoms with Crippen LogP contribution >= 0.6 is 0 Å². The standard InChI is InChI=1S/C21H21N3O3/c1-15-11-19(25)20(23-24(15)18-9-4-3-5-10-18)21(26)22-13-16-7-6-8-17(12-16)14-27-2/h3-12H,13-14H2,1-2H3,(H,22,26). The van der Waals surface area contributed by atoms with Crippen molar-refractivity contribution in [1.82, 2.24) is 15.1 Å². The van der Waals surface area contributed by atoms with Crippen LogP contribution in [0.5, 0.6) is 0 Å². The van der Waals surface area contributed by atoms with Gasteiger partial charge in [-0.2, -0.15) is 5.10 Å². The highest BCUT2D eigenvalue weighted by molar-refractivity contribution is 5.92. The van der Waals surface area contributed by atoms with E-state index in [0.717, 1.165) is 16.8 Å². The molecule has 0 aliphatic heterocycles. The number of methoxy groups -OCH3 is 1. The van der Waals surface area contributed by atoms with Crippen LogP contribution in [0, 0.1) is 6.92 Å². The number of nitrogens with zero attached hydrogens (tertiary/aromatic N) is 2. The van der Waals surface area contributed by atoms with Crippen molar-refractivity contribution in [1.29, 1.82) is 0 Å². The number of benzene rings is 2. The molecule has 1 aromatic heterocycles. The number of carbonyl (C=O) groups is 1. The number of aryl methyl sites for hydroxylation is 1. The van der Waals surface area contributed by atoms with E-state index < -0.39 is 11.3 Å². The van der Waals surface area contributed by atoms with Gasteiger partial charge in [0.15, 0.2) is 5.69 Å². The molecule has 0 fully saturated rings. The van der Waals surface area contributed by atoms with Crippen LogP contribution in [0.1, 0.15) is 27.3 Å². The van der Waals surface area contributed by atoms with Crippen molar-refractivity contribution >= 4 is 5.91 Å². The van der Waals surface area contributed by atoms with Crippen molar-refractivity contribution in [3.8, 4) is 5.69 Å². The third kappa shape index (κ3) is 4.48. The van der Waals surface area contributed by atoms with Crippen molar-refractivity contribution in [3.63, 3.8) is 0 Å².